The molecule has 0 aromatic heterocycles. The second kappa shape index (κ2) is 9.35. The molecule has 8 atom stereocenters. The number of hydrogen-bond acceptors (Lipinski definition) is 2. The lowest BCUT2D eigenvalue weighted by molar-refractivity contribution is -0.132. The number of ketones is 1. The molecule has 32 heavy (non-hydrogen) atoms. The Labute approximate surface area is 200 Å². The van der Waals surface area contributed by atoms with E-state index in [4.69, 9.17) is 0 Å². The standard InChI is InChI=1S/C30H55NO/c1-11-21-16-29(8,9)31-19-30(10)18-24(25(30)13-3)26(15-14-22(31)12-2)28(6,7)17-23(20(4)5)27(21)32/h20-26H,11-19H2,1-10H3. The van der Waals surface area contributed by atoms with Gasteiger partial charge in [-0.2, -0.15) is 0 Å². The quantitative estimate of drug-likeness (QED) is 0.437. The first-order chi connectivity index (χ1) is 14.8. The van der Waals surface area contributed by atoms with Gasteiger partial charge in [0.1, 0.15) is 5.78 Å². The zero-order chi connectivity index (χ0) is 24.1. The van der Waals surface area contributed by atoms with Crippen LogP contribution in [0.3, 0.4) is 0 Å². The predicted octanol–water partition coefficient (Wildman–Crippen LogP) is 8.00. The van der Waals surface area contributed by atoms with Crippen LogP contribution in [-0.4, -0.2) is 28.8 Å². The van der Waals surface area contributed by atoms with Crippen LogP contribution in [0.4, 0.5) is 0 Å². The van der Waals surface area contributed by atoms with E-state index in [2.05, 4.69) is 74.1 Å². The molecule has 3 saturated heterocycles. The number of rotatable bonds is 4. The van der Waals surface area contributed by atoms with E-state index in [1.54, 1.807) is 0 Å². The zero-order valence-corrected chi connectivity index (χ0v) is 23.3. The van der Waals surface area contributed by atoms with Crippen molar-refractivity contribution in [3.63, 3.8) is 0 Å². The smallest absolute Gasteiger partial charge is 0.139 e. The fourth-order valence-electron chi connectivity index (χ4n) is 8.80. The minimum Gasteiger partial charge on any atom is -0.299 e. The molecule has 1 aliphatic carbocycles. The Morgan fingerprint density at radius 3 is 2.09 bits per heavy atom. The van der Waals surface area contributed by atoms with E-state index in [0.29, 0.717) is 23.2 Å². The molecule has 4 rings (SSSR count). The highest BCUT2D eigenvalue weighted by molar-refractivity contribution is 5.83. The third kappa shape index (κ3) is 4.60. The van der Waals surface area contributed by atoms with Gasteiger partial charge in [-0.25, -0.2) is 0 Å². The van der Waals surface area contributed by atoms with Crippen LogP contribution in [-0.2, 0) is 4.79 Å². The topological polar surface area (TPSA) is 20.3 Å². The van der Waals surface area contributed by atoms with Gasteiger partial charge in [0.25, 0.3) is 0 Å². The van der Waals surface area contributed by atoms with Crippen molar-refractivity contribution in [1.29, 1.82) is 0 Å². The number of nitrogens with zero attached hydrogens (tertiary/aromatic N) is 1. The van der Waals surface area contributed by atoms with Crippen LogP contribution in [0.15, 0.2) is 0 Å². The molecular formula is C30H55NO. The summed E-state index contributed by atoms with van der Waals surface area (Å²) in [7, 11) is 0. The molecule has 8 unspecified atom stereocenters. The first-order valence-electron chi connectivity index (χ1n) is 14.1. The van der Waals surface area contributed by atoms with Crippen molar-refractivity contribution in [3.8, 4) is 0 Å². The van der Waals surface area contributed by atoms with E-state index in [-0.39, 0.29) is 22.8 Å². The summed E-state index contributed by atoms with van der Waals surface area (Å²) in [5, 5.41) is 0. The maximum Gasteiger partial charge on any atom is 0.139 e. The third-order valence-electron chi connectivity index (χ3n) is 10.7. The largest absolute Gasteiger partial charge is 0.299 e. The molecule has 186 valence electrons. The number of Topliss-reactive ketones (excluding diaryl/α,β-unsaturated/α-hetero) is 1. The molecule has 0 spiro atoms. The van der Waals surface area contributed by atoms with E-state index in [1.165, 1.54) is 38.6 Å². The van der Waals surface area contributed by atoms with Gasteiger partial charge in [0.15, 0.2) is 0 Å². The van der Waals surface area contributed by atoms with E-state index in [0.717, 1.165) is 37.0 Å². The third-order valence-corrected chi connectivity index (χ3v) is 10.7. The molecule has 0 N–H and O–H groups in total. The first-order valence-corrected chi connectivity index (χ1v) is 14.1. The average molecular weight is 446 g/mol. The van der Waals surface area contributed by atoms with Crippen molar-refractivity contribution in [1.82, 2.24) is 4.90 Å². The summed E-state index contributed by atoms with van der Waals surface area (Å²) < 4.78 is 0. The molecule has 0 radical (unpaired) electrons. The van der Waals surface area contributed by atoms with Crippen molar-refractivity contribution >= 4 is 5.78 Å². The lowest BCUT2D eigenvalue weighted by Gasteiger charge is -2.60. The minimum atomic E-state index is 0.0689. The highest BCUT2D eigenvalue weighted by Crippen LogP contribution is 2.62. The normalized spacial score (nSPS) is 44.2. The van der Waals surface area contributed by atoms with E-state index < -0.39 is 0 Å². The maximum absolute atomic E-state index is 14.0. The number of hydrogen-bond donors (Lipinski definition) is 0. The van der Waals surface area contributed by atoms with Crippen LogP contribution >= 0.6 is 0 Å². The summed E-state index contributed by atoms with van der Waals surface area (Å²) in [6.07, 6.45) is 9.67. The molecule has 3 heterocycles. The lowest BCUT2D eigenvalue weighted by atomic mass is 9.46. The Balaban J connectivity index is 2.16. The van der Waals surface area contributed by atoms with E-state index >= 15 is 0 Å². The molecular weight excluding hydrogens is 390 g/mol. The number of carbonyl (C=O) groups is 1. The first kappa shape index (κ1) is 26.2. The molecule has 2 heteroatoms. The Hall–Kier alpha value is -0.370. The van der Waals surface area contributed by atoms with Crippen LogP contribution < -0.4 is 0 Å². The van der Waals surface area contributed by atoms with Gasteiger partial charge >= 0.3 is 0 Å². The second-order valence-electron chi connectivity index (χ2n) is 14.0. The van der Waals surface area contributed by atoms with Crippen molar-refractivity contribution in [3.05, 3.63) is 0 Å². The summed E-state index contributed by atoms with van der Waals surface area (Å²) in [5.41, 5.74) is 0.726. The zero-order valence-electron chi connectivity index (χ0n) is 23.3. The van der Waals surface area contributed by atoms with Gasteiger partial charge in [-0.3, -0.25) is 9.69 Å². The molecule has 4 fully saturated rings. The van der Waals surface area contributed by atoms with Gasteiger partial charge in [-0.1, -0.05) is 61.8 Å². The lowest BCUT2D eigenvalue weighted by Crippen LogP contribution is -2.59. The summed E-state index contributed by atoms with van der Waals surface area (Å²) in [6, 6.07) is 0.643. The molecule has 2 nitrogen and oxygen atoms in total. The van der Waals surface area contributed by atoms with Gasteiger partial charge in [0.2, 0.25) is 0 Å². The second-order valence-corrected chi connectivity index (χ2v) is 14.0. The van der Waals surface area contributed by atoms with Crippen molar-refractivity contribution in [2.24, 2.45) is 46.3 Å². The van der Waals surface area contributed by atoms with E-state index in [9.17, 15) is 4.79 Å². The fourth-order valence-corrected chi connectivity index (χ4v) is 8.80. The summed E-state index contributed by atoms with van der Waals surface area (Å²) in [6.45, 7) is 25.5. The Morgan fingerprint density at radius 2 is 1.56 bits per heavy atom. The summed E-state index contributed by atoms with van der Waals surface area (Å²) >= 11 is 0. The molecule has 4 aliphatic rings. The van der Waals surface area contributed by atoms with Gasteiger partial charge in [-0.05, 0) is 93.3 Å². The Morgan fingerprint density at radius 1 is 0.906 bits per heavy atom. The molecule has 0 amide bonds. The van der Waals surface area contributed by atoms with Crippen LogP contribution in [0.1, 0.15) is 121 Å². The SMILES string of the molecule is CCC1CC(C)(C)N2CC3(C)CC(C(CCC2CC)C(C)(C)CC(C(C)C)C1=O)C3CC. The summed E-state index contributed by atoms with van der Waals surface area (Å²) in [4.78, 5) is 16.9. The van der Waals surface area contributed by atoms with Crippen molar-refractivity contribution in [2.75, 3.05) is 6.54 Å². The highest BCUT2D eigenvalue weighted by atomic mass is 16.1. The van der Waals surface area contributed by atoms with Crippen LogP contribution in [0, 0.1) is 46.3 Å². The maximum atomic E-state index is 14.0. The summed E-state index contributed by atoms with van der Waals surface area (Å²) in [5.74, 6) is 3.81. The predicted molar refractivity (Wildman–Crippen MR) is 138 cm³/mol. The molecule has 0 aromatic carbocycles. The highest BCUT2D eigenvalue weighted by Gasteiger charge is 2.58. The van der Waals surface area contributed by atoms with E-state index in [1.807, 2.05) is 0 Å². The molecule has 4 bridgehead atoms. The molecule has 1 saturated carbocycles. The van der Waals surface area contributed by atoms with Gasteiger partial charge in [-0.15, -0.1) is 0 Å². The van der Waals surface area contributed by atoms with Crippen LogP contribution in [0.25, 0.3) is 0 Å². The van der Waals surface area contributed by atoms with Crippen LogP contribution in [0.5, 0.6) is 0 Å². The Kier molecular flexibility index (Phi) is 7.67. The van der Waals surface area contributed by atoms with Gasteiger partial charge < -0.3 is 0 Å². The van der Waals surface area contributed by atoms with Crippen molar-refractivity contribution in [2.45, 2.75) is 132 Å². The van der Waals surface area contributed by atoms with Gasteiger partial charge in [0, 0.05) is 30.0 Å². The number of carbonyl (C=O) groups excluding carboxylic acids is 1. The monoisotopic (exact) mass is 445 g/mol. The fraction of sp³-hybridized carbons (Fsp3) is 0.967. The molecule has 0 aromatic rings. The van der Waals surface area contributed by atoms with Gasteiger partial charge in [0.05, 0.1) is 0 Å². The van der Waals surface area contributed by atoms with Crippen LogP contribution in [0.2, 0.25) is 0 Å². The van der Waals surface area contributed by atoms with Crippen molar-refractivity contribution < 1.29 is 4.79 Å². The average Bonchev–Trinajstić information content (AvgIpc) is 2.80. The minimum absolute atomic E-state index is 0.0689. The molecule has 3 aliphatic heterocycles. The Bertz CT molecular complexity index is 664.